The molecule has 0 heterocycles. The lowest BCUT2D eigenvalue weighted by Gasteiger charge is -2.14. The van der Waals surface area contributed by atoms with Crippen LogP contribution in [0, 0.1) is 11.3 Å². The van der Waals surface area contributed by atoms with E-state index in [9.17, 15) is 28.3 Å². The lowest BCUT2D eigenvalue weighted by Crippen LogP contribution is -2.15. The molecule has 7 nitrogen and oxygen atoms in total. The van der Waals surface area contributed by atoms with Crippen LogP contribution in [0.25, 0.3) is 5.76 Å². The van der Waals surface area contributed by atoms with E-state index in [0.717, 1.165) is 24.3 Å². The molecule has 158 valence electrons. The second kappa shape index (κ2) is 9.09. The third kappa shape index (κ3) is 4.75. The first-order chi connectivity index (χ1) is 14.2. The van der Waals surface area contributed by atoms with E-state index in [1.807, 2.05) is 0 Å². The van der Waals surface area contributed by atoms with Crippen LogP contribution >= 0.6 is 0 Å². The molecule has 10 heteroatoms. The highest BCUT2D eigenvalue weighted by atomic mass is 19.4. The Morgan fingerprint density at radius 2 is 1.57 bits per heavy atom. The zero-order valence-electron chi connectivity index (χ0n) is 16.1. The standard InChI is InChI=1S/C20H17F3N2O5/c1-28-15-8-11(9-16(29-2)18(15)30-3)17(26)14(10-24)19(27)25-13-6-4-12(5-7-13)20(21,22)23/h4-9,26H,1-3H3,(H,25,27). The van der Waals surface area contributed by atoms with Gasteiger partial charge in [0.15, 0.2) is 17.1 Å². The number of halogens is 3. The molecule has 0 aliphatic rings. The number of nitrogens with zero attached hydrogens (tertiary/aromatic N) is 1. The van der Waals surface area contributed by atoms with Crippen LogP contribution in [0.3, 0.4) is 0 Å². The van der Waals surface area contributed by atoms with Crippen LogP contribution in [0.2, 0.25) is 0 Å². The Balaban J connectivity index is 2.39. The lowest BCUT2D eigenvalue weighted by atomic mass is 10.1. The number of carbonyl (C=O) groups excluding carboxylic acids is 1. The van der Waals surface area contributed by atoms with Crippen molar-refractivity contribution >= 4 is 17.4 Å². The maximum Gasteiger partial charge on any atom is 0.416 e. The highest BCUT2D eigenvalue weighted by molar-refractivity contribution is 6.11. The van der Waals surface area contributed by atoms with Gasteiger partial charge in [0, 0.05) is 11.3 Å². The van der Waals surface area contributed by atoms with Crippen molar-refractivity contribution in [3.05, 3.63) is 53.1 Å². The lowest BCUT2D eigenvalue weighted by molar-refractivity contribution is -0.137. The average molecular weight is 422 g/mol. The molecule has 0 atom stereocenters. The summed E-state index contributed by atoms with van der Waals surface area (Å²) in [5.41, 5.74) is -1.51. The molecule has 2 N–H and O–H groups in total. The summed E-state index contributed by atoms with van der Waals surface area (Å²) in [6.07, 6.45) is -4.52. The van der Waals surface area contributed by atoms with Gasteiger partial charge in [-0.2, -0.15) is 18.4 Å². The molecule has 2 aromatic carbocycles. The Kier molecular flexibility index (Phi) is 6.79. The Bertz CT molecular complexity index is 984. The third-order valence-corrected chi connectivity index (χ3v) is 3.98. The van der Waals surface area contributed by atoms with Crippen molar-refractivity contribution in [2.24, 2.45) is 0 Å². The number of nitriles is 1. The first-order valence-corrected chi connectivity index (χ1v) is 8.28. The molecule has 0 unspecified atom stereocenters. The van der Waals surface area contributed by atoms with E-state index in [2.05, 4.69) is 5.32 Å². The van der Waals surface area contributed by atoms with Crippen molar-refractivity contribution in [1.29, 1.82) is 5.26 Å². The molecular formula is C20H17F3N2O5. The summed E-state index contributed by atoms with van der Waals surface area (Å²) >= 11 is 0. The number of hydrogen-bond donors (Lipinski definition) is 2. The van der Waals surface area contributed by atoms with Gasteiger partial charge < -0.3 is 24.6 Å². The first kappa shape index (κ1) is 22.4. The van der Waals surface area contributed by atoms with E-state index >= 15 is 0 Å². The minimum atomic E-state index is -4.52. The zero-order chi connectivity index (χ0) is 22.5. The van der Waals surface area contributed by atoms with Crippen LogP contribution in [0.4, 0.5) is 18.9 Å². The number of alkyl halides is 3. The number of rotatable bonds is 6. The van der Waals surface area contributed by atoms with Crippen LogP contribution in [-0.4, -0.2) is 32.3 Å². The first-order valence-electron chi connectivity index (χ1n) is 8.28. The van der Waals surface area contributed by atoms with Crippen molar-refractivity contribution in [3.8, 4) is 23.3 Å². The highest BCUT2D eigenvalue weighted by Gasteiger charge is 2.30. The Labute approximate surface area is 169 Å². The molecule has 0 aliphatic carbocycles. The van der Waals surface area contributed by atoms with Crippen LogP contribution in [0.5, 0.6) is 17.2 Å². The fraction of sp³-hybridized carbons (Fsp3) is 0.200. The Morgan fingerprint density at radius 3 is 1.97 bits per heavy atom. The maximum atomic E-state index is 12.6. The third-order valence-electron chi connectivity index (χ3n) is 3.98. The highest BCUT2D eigenvalue weighted by Crippen LogP contribution is 2.40. The average Bonchev–Trinajstić information content (AvgIpc) is 2.72. The monoisotopic (exact) mass is 422 g/mol. The normalized spacial score (nSPS) is 11.8. The zero-order valence-corrected chi connectivity index (χ0v) is 16.1. The second-order valence-electron chi connectivity index (χ2n) is 5.78. The number of anilines is 1. The van der Waals surface area contributed by atoms with Gasteiger partial charge in [0.05, 0.1) is 26.9 Å². The van der Waals surface area contributed by atoms with Gasteiger partial charge >= 0.3 is 6.18 Å². The molecule has 0 aromatic heterocycles. The molecule has 0 saturated heterocycles. The summed E-state index contributed by atoms with van der Waals surface area (Å²) in [6.45, 7) is 0. The molecule has 0 bridgehead atoms. The molecule has 0 fully saturated rings. The fourth-order valence-electron chi connectivity index (χ4n) is 2.51. The predicted molar refractivity (Wildman–Crippen MR) is 101 cm³/mol. The van der Waals surface area contributed by atoms with Gasteiger partial charge in [0.1, 0.15) is 11.8 Å². The number of nitrogens with one attached hydrogen (secondary N) is 1. The summed E-state index contributed by atoms with van der Waals surface area (Å²) in [5, 5.41) is 22.1. The molecule has 1 amide bonds. The molecule has 0 radical (unpaired) electrons. The van der Waals surface area contributed by atoms with Crippen molar-refractivity contribution in [2.45, 2.75) is 6.18 Å². The van der Waals surface area contributed by atoms with Crippen LogP contribution in [-0.2, 0) is 11.0 Å². The molecule has 30 heavy (non-hydrogen) atoms. The summed E-state index contributed by atoms with van der Waals surface area (Å²) in [5.74, 6) is -1.09. The number of hydrogen-bond acceptors (Lipinski definition) is 6. The van der Waals surface area contributed by atoms with E-state index in [4.69, 9.17) is 14.2 Å². The van der Waals surface area contributed by atoms with Crippen molar-refractivity contribution < 1.29 is 37.3 Å². The molecule has 2 rings (SSSR count). The maximum absolute atomic E-state index is 12.6. The van der Waals surface area contributed by atoms with Crippen LogP contribution in [0.15, 0.2) is 42.0 Å². The van der Waals surface area contributed by atoms with Gasteiger partial charge in [-0.05, 0) is 36.4 Å². The smallest absolute Gasteiger partial charge is 0.416 e. The van der Waals surface area contributed by atoms with Crippen LogP contribution < -0.4 is 19.5 Å². The SMILES string of the molecule is COc1cc(C(O)=C(C#N)C(=O)Nc2ccc(C(F)(F)F)cc2)cc(OC)c1OC. The van der Waals surface area contributed by atoms with Gasteiger partial charge in [-0.15, -0.1) is 0 Å². The molecular weight excluding hydrogens is 405 g/mol. The van der Waals surface area contributed by atoms with E-state index in [-0.39, 0.29) is 28.5 Å². The summed E-state index contributed by atoms with van der Waals surface area (Å²) < 4.78 is 53.4. The van der Waals surface area contributed by atoms with E-state index in [1.165, 1.54) is 33.5 Å². The molecule has 0 spiro atoms. The number of aliphatic hydroxyl groups excluding tert-OH is 1. The van der Waals surface area contributed by atoms with Gasteiger partial charge in [-0.3, -0.25) is 4.79 Å². The van der Waals surface area contributed by atoms with E-state index in [0.29, 0.717) is 0 Å². The fourth-order valence-corrected chi connectivity index (χ4v) is 2.51. The van der Waals surface area contributed by atoms with E-state index in [1.54, 1.807) is 6.07 Å². The quantitative estimate of drug-likeness (QED) is 0.412. The van der Waals surface area contributed by atoms with Crippen LogP contribution in [0.1, 0.15) is 11.1 Å². The minimum absolute atomic E-state index is 0.0124. The van der Waals surface area contributed by atoms with Gasteiger partial charge in [-0.1, -0.05) is 0 Å². The van der Waals surface area contributed by atoms with Gasteiger partial charge in [0.25, 0.3) is 5.91 Å². The van der Waals surface area contributed by atoms with Gasteiger partial charge in [-0.25, -0.2) is 0 Å². The summed E-state index contributed by atoms with van der Waals surface area (Å²) in [4.78, 5) is 12.4. The second-order valence-corrected chi connectivity index (χ2v) is 5.78. The summed E-state index contributed by atoms with van der Waals surface area (Å²) in [7, 11) is 4.09. The van der Waals surface area contributed by atoms with Crippen molar-refractivity contribution in [2.75, 3.05) is 26.6 Å². The molecule has 2 aromatic rings. The summed E-state index contributed by atoms with van der Waals surface area (Å²) in [6, 6.07) is 7.88. The number of carbonyl (C=O) groups is 1. The Hall–Kier alpha value is -3.87. The number of methoxy groups -OCH3 is 3. The number of ether oxygens (including phenoxy) is 3. The van der Waals surface area contributed by atoms with Crippen molar-refractivity contribution in [3.63, 3.8) is 0 Å². The molecule has 0 saturated carbocycles. The number of amides is 1. The topological polar surface area (TPSA) is 101 Å². The Morgan fingerprint density at radius 1 is 1.03 bits per heavy atom. The van der Waals surface area contributed by atoms with Crippen molar-refractivity contribution in [1.82, 2.24) is 0 Å². The minimum Gasteiger partial charge on any atom is -0.506 e. The number of aliphatic hydroxyl groups is 1. The largest absolute Gasteiger partial charge is 0.506 e. The number of benzene rings is 2. The van der Waals surface area contributed by atoms with E-state index < -0.39 is 29.0 Å². The van der Waals surface area contributed by atoms with Gasteiger partial charge in [0.2, 0.25) is 5.75 Å². The molecule has 0 aliphatic heterocycles. The predicted octanol–water partition coefficient (Wildman–Crippen LogP) is 4.16.